The monoisotopic (exact) mass is 445 g/mol. The first kappa shape index (κ1) is 20.0. The Morgan fingerprint density at radius 2 is 1.83 bits per heavy atom. The minimum atomic E-state index is -0.152. The molecule has 3 fully saturated rings. The van der Waals surface area contributed by atoms with Gasteiger partial charge in [-0.05, 0) is 31.0 Å². The van der Waals surface area contributed by atoms with Gasteiger partial charge in [-0.3, -0.25) is 19.3 Å². The summed E-state index contributed by atoms with van der Waals surface area (Å²) in [5.41, 5.74) is 1.46. The Balaban J connectivity index is 1.31. The number of hydrogen-bond donors (Lipinski definition) is 0. The first-order valence-electron chi connectivity index (χ1n) is 10.4. The lowest BCUT2D eigenvalue weighted by molar-refractivity contribution is -0.132. The van der Waals surface area contributed by atoms with Gasteiger partial charge in [0, 0.05) is 13.1 Å². The lowest BCUT2D eigenvalue weighted by Crippen LogP contribution is -2.41. The minimum absolute atomic E-state index is 0.0562. The number of carbonyl (C=O) groups is 3. The number of nitrogens with zero attached hydrogens (tertiary/aromatic N) is 3. The summed E-state index contributed by atoms with van der Waals surface area (Å²) in [5, 5.41) is 0. The van der Waals surface area contributed by atoms with Gasteiger partial charge >= 0.3 is 0 Å². The van der Waals surface area contributed by atoms with Crippen molar-refractivity contribution in [3.63, 3.8) is 0 Å². The summed E-state index contributed by atoms with van der Waals surface area (Å²) in [4.78, 5) is 45.9. The van der Waals surface area contributed by atoms with Crippen molar-refractivity contribution in [1.82, 2.24) is 9.88 Å². The van der Waals surface area contributed by atoms with Crippen LogP contribution in [0.5, 0.6) is 0 Å². The number of amides is 3. The number of hydrogen-bond acceptors (Lipinski definition) is 7. The number of thioether (sulfide) groups is 1. The highest BCUT2D eigenvalue weighted by molar-refractivity contribution is 8.01. The first-order valence-corrected chi connectivity index (χ1v) is 12.2. The van der Waals surface area contributed by atoms with Gasteiger partial charge in [0.05, 0.1) is 46.7 Å². The van der Waals surface area contributed by atoms with Crippen LogP contribution in [0.4, 0.5) is 5.69 Å². The molecule has 2 atom stereocenters. The third kappa shape index (κ3) is 3.63. The van der Waals surface area contributed by atoms with Gasteiger partial charge in [-0.2, -0.15) is 0 Å². The van der Waals surface area contributed by atoms with E-state index in [2.05, 4.69) is 4.98 Å². The predicted octanol–water partition coefficient (Wildman–Crippen LogP) is 2.93. The molecule has 158 valence electrons. The molecule has 1 aliphatic carbocycles. The quantitative estimate of drug-likeness (QED) is 0.532. The zero-order valence-electron chi connectivity index (χ0n) is 16.5. The van der Waals surface area contributed by atoms with Gasteiger partial charge in [-0.25, -0.2) is 4.98 Å². The smallest absolute Gasteiger partial charge is 0.237 e. The van der Waals surface area contributed by atoms with E-state index in [-0.39, 0.29) is 29.6 Å². The van der Waals surface area contributed by atoms with Gasteiger partial charge in [-0.1, -0.05) is 24.6 Å². The molecule has 1 aromatic heterocycles. The van der Waals surface area contributed by atoms with Crippen molar-refractivity contribution in [1.29, 1.82) is 0 Å². The van der Waals surface area contributed by atoms with Crippen molar-refractivity contribution < 1.29 is 19.1 Å². The molecule has 2 aromatic rings. The molecule has 3 heterocycles. The first-order chi connectivity index (χ1) is 14.6. The second-order valence-corrected chi connectivity index (χ2v) is 10.2. The molecule has 0 radical (unpaired) electrons. The predicted molar refractivity (Wildman–Crippen MR) is 116 cm³/mol. The largest absolute Gasteiger partial charge is 0.378 e. The number of anilines is 1. The van der Waals surface area contributed by atoms with Gasteiger partial charge in [0.25, 0.3) is 0 Å². The zero-order chi connectivity index (χ0) is 20.7. The van der Waals surface area contributed by atoms with Crippen molar-refractivity contribution >= 4 is 56.7 Å². The molecule has 1 aromatic carbocycles. The molecular weight excluding hydrogens is 422 g/mol. The van der Waals surface area contributed by atoms with Crippen LogP contribution < -0.4 is 4.90 Å². The van der Waals surface area contributed by atoms with Crippen LogP contribution in [0.1, 0.15) is 25.7 Å². The molecule has 0 unspecified atom stereocenters. The molecule has 2 aliphatic heterocycles. The van der Waals surface area contributed by atoms with Crippen LogP contribution >= 0.6 is 23.1 Å². The molecule has 0 N–H and O–H groups in total. The molecular formula is C21H23N3O4S2. The summed E-state index contributed by atoms with van der Waals surface area (Å²) in [7, 11) is 0. The van der Waals surface area contributed by atoms with Crippen LogP contribution in [-0.4, -0.2) is 59.7 Å². The summed E-state index contributed by atoms with van der Waals surface area (Å²) in [5.74, 6) is 0.0261. The standard InChI is InChI=1S/C21H23N3O4S2/c25-18(23-7-9-28-10-8-23)12-29-21-22-16-6-5-13(11-17(16)30-21)24-19(26)14-3-1-2-4-15(14)20(24)27/h5-6,11,14-15H,1-4,7-10,12H2/t14-,15+. The molecule has 1 saturated carbocycles. The van der Waals surface area contributed by atoms with Gasteiger partial charge < -0.3 is 9.64 Å². The molecule has 5 rings (SSSR count). The van der Waals surface area contributed by atoms with Crippen molar-refractivity contribution in [2.24, 2.45) is 11.8 Å². The number of imide groups is 1. The van der Waals surface area contributed by atoms with Crippen molar-refractivity contribution in [3.05, 3.63) is 18.2 Å². The Labute approximate surface area is 182 Å². The third-order valence-corrected chi connectivity index (χ3v) is 8.28. The van der Waals surface area contributed by atoms with E-state index in [0.717, 1.165) is 40.2 Å². The molecule has 7 nitrogen and oxygen atoms in total. The number of morpholine rings is 1. The van der Waals surface area contributed by atoms with E-state index >= 15 is 0 Å². The van der Waals surface area contributed by atoms with Crippen molar-refractivity contribution in [2.45, 2.75) is 30.0 Å². The molecule has 30 heavy (non-hydrogen) atoms. The number of benzene rings is 1. The summed E-state index contributed by atoms with van der Waals surface area (Å²) in [6.45, 7) is 2.47. The molecule has 3 amide bonds. The van der Waals surface area contributed by atoms with Gasteiger partial charge in [-0.15, -0.1) is 11.3 Å². The lowest BCUT2D eigenvalue weighted by Gasteiger charge is -2.26. The second-order valence-electron chi connectivity index (χ2n) is 7.92. The Morgan fingerprint density at radius 1 is 1.13 bits per heavy atom. The average molecular weight is 446 g/mol. The van der Waals surface area contributed by atoms with Crippen LogP contribution in [-0.2, 0) is 19.1 Å². The van der Waals surface area contributed by atoms with E-state index in [1.54, 1.807) is 0 Å². The van der Waals surface area contributed by atoms with E-state index in [4.69, 9.17) is 4.74 Å². The van der Waals surface area contributed by atoms with Gasteiger partial charge in [0.2, 0.25) is 17.7 Å². The van der Waals surface area contributed by atoms with Crippen LogP contribution in [0, 0.1) is 11.8 Å². The molecule has 3 aliphatic rings. The van der Waals surface area contributed by atoms with Gasteiger partial charge in [0.1, 0.15) is 0 Å². The fourth-order valence-corrected chi connectivity index (χ4v) is 6.54. The second kappa shape index (κ2) is 8.28. The van der Waals surface area contributed by atoms with Crippen molar-refractivity contribution in [2.75, 3.05) is 37.0 Å². The highest BCUT2D eigenvalue weighted by atomic mass is 32.2. The number of ether oxygens (including phenoxy) is 1. The molecule has 0 bridgehead atoms. The molecule has 2 saturated heterocycles. The molecule has 9 heteroatoms. The summed E-state index contributed by atoms with van der Waals surface area (Å²) < 4.78 is 7.03. The van der Waals surface area contributed by atoms with Crippen LogP contribution in [0.15, 0.2) is 22.5 Å². The van der Waals surface area contributed by atoms with Crippen LogP contribution in [0.2, 0.25) is 0 Å². The minimum Gasteiger partial charge on any atom is -0.378 e. The maximum Gasteiger partial charge on any atom is 0.237 e. The van der Waals surface area contributed by atoms with Crippen LogP contribution in [0.25, 0.3) is 10.2 Å². The van der Waals surface area contributed by atoms with E-state index in [1.165, 1.54) is 28.0 Å². The topological polar surface area (TPSA) is 79.8 Å². The van der Waals surface area contributed by atoms with Crippen LogP contribution in [0.3, 0.4) is 0 Å². The number of rotatable bonds is 4. The lowest BCUT2D eigenvalue weighted by atomic mass is 9.81. The van der Waals surface area contributed by atoms with E-state index in [1.807, 2.05) is 23.1 Å². The Kier molecular flexibility index (Phi) is 5.51. The maximum absolute atomic E-state index is 12.9. The molecule has 0 spiro atoms. The third-order valence-electron chi connectivity index (χ3n) is 6.13. The van der Waals surface area contributed by atoms with E-state index in [9.17, 15) is 14.4 Å². The van der Waals surface area contributed by atoms with E-state index < -0.39 is 0 Å². The number of aromatic nitrogens is 1. The summed E-state index contributed by atoms with van der Waals surface area (Å²) >= 11 is 2.93. The zero-order valence-corrected chi connectivity index (χ0v) is 18.2. The average Bonchev–Trinajstić information content (AvgIpc) is 3.30. The summed E-state index contributed by atoms with van der Waals surface area (Å²) in [6, 6.07) is 5.55. The Bertz CT molecular complexity index is 977. The number of carbonyl (C=O) groups excluding carboxylic acids is 3. The SMILES string of the molecule is O=C(CSc1nc2ccc(N3C(=O)[C@H]4CCCC[C@H]4C3=O)cc2s1)N1CCOCC1. The summed E-state index contributed by atoms with van der Waals surface area (Å²) in [6.07, 6.45) is 3.66. The maximum atomic E-state index is 12.9. The van der Waals surface area contributed by atoms with Crippen molar-refractivity contribution in [3.8, 4) is 0 Å². The van der Waals surface area contributed by atoms with Gasteiger partial charge in [0.15, 0.2) is 4.34 Å². The Morgan fingerprint density at radius 3 is 2.53 bits per heavy atom. The normalized spacial score (nSPS) is 24.5. The number of fused-ring (bicyclic) bond motifs is 2. The Hall–Kier alpha value is -1.97. The van der Waals surface area contributed by atoms with E-state index in [0.29, 0.717) is 37.7 Å². The highest BCUT2D eigenvalue weighted by Crippen LogP contribution is 2.41. The number of thiazole rings is 1. The highest BCUT2D eigenvalue weighted by Gasteiger charge is 2.48. The fourth-order valence-electron chi connectivity index (χ4n) is 4.54. The fraction of sp³-hybridized carbons (Fsp3) is 0.524.